The van der Waals surface area contributed by atoms with Gasteiger partial charge in [-0.05, 0) is 37.6 Å². The van der Waals surface area contributed by atoms with Crippen molar-refractivity contribution in [2.24, 2.45) is 0 Å². The number of rotatable bonds is 5. The summed E-state index contributed by atoms with van der Waals surface area (Å²) in [5.74, 6) is 1.81. The third-order valence-electron chi connectivity index (χ3n) is 2.81. The lowest BCUT2D eigenvalue weighted by atomic mass is 9.86. The molecule has 0 spiro atoms. The summed E-state index contributed by atoms with van der Waals surface area (Å²) in [4.78, 5) is 0. The number of likely N-dealkylation sites (N-methyl/N-ethyl adjacent to an activating group) is 1. The fraction of sp³-hybridized carbons (Fsp3) is 0.600. The zero-order chi connectivity index (χ0) is 13.8. The quantitative estimate of drug-likeness (QED) is 0.872. The van der Waals surface area contributed by atoms with Gasteiger partial charge in [-0.15, -0.1) is 0 Å². The van der Waals surface area contributed by atoms with Crippen molar-refractivity contribution in [1.29, 1.82) is 0 Å². The first kappa shape index (κ1) is 14.8. The van der Waals surface area contributed by atoms with Gasteiger partial charge in [-0.2, -0.15) is 0 Å². The first-order chi connectivity index (χ1) is 8.38. The van der Waals surface area contributed by atoms with Gasteiger partial charge in [0.2, 0.25) is 0 Å². The highest BCUT2D eigenvalue weighted by Crippen LogP contribution is 2.34. The molecule has 0 saturated heterocycles. The molecule has 18 heavy (non-hydrogen) atoms. The Kier molecular flexibility index (Phi) is 5.03. The molecular weight excluding hydrogens is 226 g/mol. The lowest BCUT2D eigenvalue weighted by Gasteiger charge is -2.25. The number of hydrogen-bond acceptors (Lipinski definition) is 3. The van der Waals surface area contributed by atoms with Gasteiger partial charge in [-0.1, -0.05) is 20.8 Å². The van der Waals surface area contributed by atoms with Crippen molar-refractivity contribution in [2.45, 2.75) is 39.2 Å². The maximum Gasteiger partial charge on any atom is 0.123 e. The molecule has 0 bridgehead atoms. The Hall–Kier alpha value is -1.22. The normalized spacial score (nSPS) is 13.2. The van der Waals surface area contributed by atoms with Crippen LogP contribution in [0.5, 0.6) is 11.5 Å². The van der Waals surface area contributed by atoms with Crippen molar-refractivity contribution in [1.82, 2.24) is 5.32 Å². The van der Waals surface area contributed by atoms with Crippen molar-refractivity contribution in [3.05, 3.63) is 23.8 Å². The smallest absolute Gasteiger partial charge is 0.123 e. The third-order valence-corrected chi connectivity index (χ3v) is 2.81. The minimum Gasteiger partial charge on any atom is -0.497 e. The Balaban J connectivity index is 3.03. The maximum atomic E-state index is 5.99. The van der Waals surface area contributed by atoms with Crippen LogP contribution in [0.4, 0.5) is 0 Å². The Morgan fingerprint density at radius 1 is 1.28 bits per heavy atom. The van der Waals surface area contributed by atoms with Gasteiger partial charge >= 0.3 is 0 Å². The van der Waals surface area contributed by atoms with Gasteiger partial charge < -0.3 is 14.8 Å². The van der Waals surface area contributed by atoms with E-state index in [1.165, 1.54) is 5.56 Å². The number of benzene rings is 1. The molecule has 102 valence electrons. The van der Waals surface area contributed by atoms with Gasteiger partial charge in [0.1, 0.15) is 17.6 Å². The van der Waals surface area contributed by atoms with Gasteiger partial charge in [0.25, 0.3) is 0 Å². The van der Waals surface area contributed by atoms with Crippen LogP contribution < -0.4 is 14.8 Å². The molecule has 0 aliphatic rings. The molecule has 0 heterocycles. The zero-order valence-corrected chi connectivity index (χ0v) is 12.3. The second-order valence-electron chi connectivity index (χ2n) is 5.60. The van der Waals surface area contributed by atoms with E-state index in [0.29, 0.717) is 0 Å². The second kappa shape index (κ2) is 6.10. The minimum absolute atomic E-state index is 0.0310. The largest absolute Gasteiger partial charge is 0.497 e. The molecule has 0 aromatic heterocycles. The van der Waals surface area contributed by atoms with Crippen molar-refractivity contribution in [3.63, 3.8) is 0 Å². The van der Waals surface area contributed by atoms with Gasteiger partial charge in [0.05, 0.1) is 7.11 Å². The summed E-state index contributed by atoms with van der Waals surface area (Å²) in [6.45, 7) is 9.43. The molecular formula is C15H25NO2. The van der Waals surface area contributed by atoms with Crippen LogP contribution in [0.2, 0.25) is 0 Å². The molecule has 0 fully saturated rings. The molecule has 1 N–H and O–H groups in total. The molecule has 1 rings (SSSR count). The molecule has 0 aliphatic heterocycles. The molecule has 0 radical (unpaired) electrons. The summed E-state index contributed by atoms with van der Waals surface area (Å²) in [5.41, 5.74) is 1.20. The Labute approximate surface area is 110 Å². The lowest BCUT2D eigenvalue weighted by molar-refractivity contribution is 0.215. The fourth-order valence-corrected chi connectivity index (χ4v) is 1.87. The standard InChI is InChI=1S/C15H25NO2/c1-11(10-16-5)18-14-8-7-12(17-6)9-13(14)15(2,3)4/h7-9,11,16H,10H2,1-6H3. The Bertz CT molecular complexity index is 383. The van der Waals surface area contributed by atoms with Crippen LogP contribution in [0.25, 0.3) is 0 Å². The van der Waals surface area contributed by atoms with E-state index in [-0.39, 0.29) is 11.5 Å². The predicted octanol–water partition coefficient (Wildman–Crippen LogP) is 2.98. The van der Waals surface area contributed by atoms with Crippen LogP contribution in [-0.2, 0) is 5.41 Å². The average Bonchev–Trinajstić information content (AvgIpc) is 2.28. The van der Waals surface area contributed by atoms with Gasteiger partial charge in [0.15, 0.2) is 0 Å². The molecule has 1 atom stereocenters. The third kappa shape index (κ3) is 3.91. The molecule has 0 amide bonds. The number of ether oxygens (including phenoxy) is 2. The molecule has 0 saturated carbocycles. The molecule has 1 unspecified atom stereocenters. The summed E-state index contributed by atoms with van der Waals surface area (Å²) >= 11 is 0. The van der Waals surface area contributed by atoms with Crippen LogP contribution in [-0.4, -0.2) is 26.8 Å². The van der Waals surface area contributed by atoms with Crippen LogP contribution >= 0.6 is 0 Å². The predicted molar refractivity (Wildman–Crippen MR) is 75.7 cm³/mol. The molecule has 1 aromatic carbocycles. The highest BCUT2D eigenvalue weighted by atomic mass is 16.5. The molecule has 3 nitrogen and oxygen atoms in total. The molecule has 3 heteroatoms. The van der Waals surface area contributed by atoms with Crippen molar-refractivity contribution in [2.75, 3.05) is 20.7 Å². The number of methoxy groups -OCH3 is 1. The van der Waals surface area contributed by atoms with E-state index in [4.69, 9.17) is 9.47 Å². The topological polar surface area (TPSA) is 30.5 Å². The number of hydrogen-bond donors (Lipinski definition) is 1. The van der Waals surface area contributed by atoms with E-state index in [9.17, 15) is 0 Å². The van der Waals surface area contributed by atoms with Gasteiger partial charge in [-0.3, -0.25) is 0 Å². The first-order valence-corrected chi connectivity index (χ1v) is 6.38. The first-order valence-electron chi connectivity index (χ1n) is 6.38. The van der Waals surface area contributed by atoms with Crippen molar-refractivity contribution in [3.8, 4) is 11.5 Å². The van der Waals surface area contributed by atoms with E-state index in [2.05, 4.69) is 39.1 Å². The summed E-state index contributed by atoms with van der Waals surface area (Å²) in [7, 11) is 3.62. The monoisotopic (exact) mass is 251 g/mol. The van der Waals surface area contributed by atoms with Gasteiger partial charge in [-0.25, -0.2) is 0 Å². The summed E-state index contributed by atoms with van der Waals surface area (Å²) in [6, 6.07) is 5.99. The highest BCUT2D eigenvalue weighted by Gasteiger charge is 2.20. The maximum absolute atomic E-state index is 5.99. The summed E-state index contributed by atoms with van der Waals surface area (Å²) in [6.07, 6.45) is 0.143. The van der Waals surface area contributed by atoms with Crippen molar-refractivity contribution >= 4 is 0 Å². The fourth-order valence-electron chi connectivity index (χ4n) is 1.87. The van der Waals surface area contributed by atoms with Crippen LogP contribution in [0.1, 0.15) is 33.3 Å². The molecule has 0 aliphatic carbocycles. The van der Waals surface area contributed by atoms with Crippen molar-refractivity contribution < 1.29 is 9.47 Å². The van der Waals surface area contributed by atoms with E-state index in [0.717, 1.165) is 18.0 Å². The van der Waals surface area contributed by atoms with E-state index in [1.54, 1.807) is 7.11 Å². The van der Waals surface area contributed by atoms with E-state index in [1.807, 2.05) is 19.2 Å². The SMILES string of the molecule is CNCC(C)Oc1ccc(OC)cc1C(C)(C)C. The van der Waals surface area contributed by atoms with Crippen LogP contribution in [0.3, 0.4) is 0 Å². The zero-order valence-electron chi connectivity index (χ0n) is 12.3. The van der Waals surface area contributed by atoms with Gasteiger partial charge in [0, 0.05) is 12.1 Å². The Morgan fingerprint density at radius 3 is 2.44 bits per heavy atom. The summed E-state index contributed by atoms with van der Waals surface area (Å²) < 4.78 is 11.3. The molecule has 1 aromatic rings. The van der Waals surface area contributed by atoms with E-state index >= 15 is 0 Å². The summed E-state index contributed by atoms with van der Waals surface area (Å²) in [5, 5.41) is 3.12. The average molecular weight is 251 g/mol. The lowest BCUT2D eigenvalue weighted by Crippen LogP contribution is -2.27. The second-order valence-corrected chi connectivity index (χ2v) is 5.60. The highest BCUT2D eigenvalue weighted by molar-refractivity contribution is 5.44. The van der Waals surface area contributed by atoms with Crippen LogP contribution in [0, 0.1) is 0 Å². The Morgan fingerprint density at radius 2 is 1.94 bits per heavy atom. The minimum atomic E-state index is 0.0310. The van der Waals surface area contributed by atoms with E-state index < -0.39 is 0 Å². The van der Waals surface area contributed by atoms with Crippen LogP contribution in [0.15, 0.2) is 18.2 Å². The number of nitrogens with one attached hydrogen (secondary N) is 1.